The van der Waals surface area contributed by atoms with E-state index in [2.05, 4.69) is 4.98 Å². The molecular weight excluding hydrogens is 312 g/mol. The lowest BCUT2D eigenvalue weighted by molar-refractivity contribution is 0.170. The van der Waals surface area contributed by atoms with Gasteiger partial charge in [0.15, 0.2) is 0 Å². The van der Waals surface area contributed by atoms with Crippen LogP contribution in [0, 0.1) is 11.6 Å². The van der Waals surface area contributed by atoms with Crippen molar-refractivity contribution in [2.75, 3.05) is 6.54 Å². The van der Waals surface area contributed by atoms with Gasteiger partial charge in [-0.1, -0.05) is 11.6 Å². The van der Waals surface area contributed by atoms with Gasteiger partial charge in [-0.15, -0.1) is 0 Å². The first kappa shape index (κ1) is 15.4. The third-order valence-electron chi connectivity index (χ3n) is 4.07. The molecule has 118 valence electrons. The zero-order chi connectivity index (χ0) is 15.9. The zero-order valence-electron chi connectivity index (χ0n) is 12.0. The Bertz CT molecular complexity index is 691. The Morgan fingerprint density at radius 2 is 2.18 bits per heavy atom. The molecule has 3 rings (SSSR count). The molecule has 1 fully saturated rings. The van der Waals surface area contributed by atoms with Gasteiger partial charge in [0.1, 0.15) is 22.6 Å². The van der Waals surface area contributed by atoms with Crippen LogP contribution in [0.4, 0.5) is 8.78 Å². The number of rotatable bonds is 3. The number of hydrogen-bond donors (Lipinski definition) is 1. The van der Waals surface area contributed by atoms with E-state index in [4.69, 9.17) is 11.6 Å². The van der Waals surface area contributed by atoms with Gasteiger partial charge in [0.25, 0.3) is 0 Å². The van der Waals surface area contributed by atoms with Gasteiger partial charge in [0, 0.05) is 25.2 Å². The first-order chi connectivity index (χ1) is 10.5. The molecule has 1 aliphatic heterocycles. The minimum atomic E-state index is -0.580. The standard InChI is InChI=1S/C15H16ClF2N3O/c1-20-14(16)6-19-15(20)8-21-7-10(22)5-13(21)11-4-9(17)2-3-12(11)18/h2-4,6,10,13,22H,5,7-8H2,1H3. The van der Waals surface area contributed by atoms with Crippen molar-refractivity contribution in [1.82, 2.24) is 14.5 Å². The topological polar surface area (TPSA) is 41.3 Å². The average Bonchev–Trinajstić information content (AvgIpc) is 2.99. The number of β-amino-alcohol motifs (C(OH)–C–C–N with tert-alkyl or cyclic N) is 1. The van der Waals surface area contributed by atoms with Gasteiger partial charge >= 0.3 is 0 Å². The van der Waals surface area contributed by atoms with Crippen molar-refractivity contribution < 1.29 is 13.9 Å². The summed E-state index contributed by atoms with van der Waals surface area (Å²) < 4.78 is 29.2. The summed E-state index contributed by atoms with van der Waals surface area (Å²) in [5.41, 5.74) is 0.261. The fourth-order valence-electron chi connectivity index (χ4n) is 2.90. The van der Waals surface area contributed by atoms with E-state index in [0.29, 0.717) is 30.5 Å². The van der Waals surface area contributed by atoms with Crippen molar-refractivity contribution in [3.8, 4) is 0 Å². The predicted molar refractivity (Wildman–Crippen MR) is 78.4 cm³/mol. The van der Waals surface area contributed by atoms with Crippen molar-refractivity contribution in [3.05, 3.63) is 52.6 Å². The summed E-state index contributed by atoms with van der Waals surface area (Å²) in [5, 5.41) is 10.4. The average molecular weight is 328 g/mol. The Morgan fingerprint density at radius 3 is 2.86 bits per heavy atom. The fraction of sp³-hybridized carbons (Fsp3) is 0.400. The number of imidazole rings is 1. The van der Waals surface area contributed by atoms with E-state index >= 15 is 0 Å². The summed E-state index contributed by atoms with van der Waals surface area (Å²) in [7, 11) is 1.79. The van der Waals surface area contributed by atoms with Crippen LogP contribution in [0.3, 0.4) is 0 Å². The number of hydrogen-bond acceptors (Lipinski definition) is 3. The highest BCUT2D eigenvalue weighted by molar-refractivity contribution is 6.29. The van der Waals surface area contributed by atoms with E-state index in [9.17, 15) is 13.9 Å². The predicted octanol–water partition coefficient (Wildman–Crippen LogP) is 2.66. The Labute approximate surface area is 131 Å². The molecule has 22 heavy (non-hydrogen) atoms. The highest BCUT2D eigenvalue weighted by Crippen LogP contribution is 2.35. The molecule has 0 spiro atoms. The largest absolute Gasteiger partial charge is 0.392 e. The quantitative estimate of drug-likeness (QED) is 0.942. The van der Waals surface area contributed by atoms with E-state index in [1.807, 2.05) is 4.90 Å². The second-order valence-electron chi connectivity index (χ2n) is 5.56. The highest BCUT2D eigenvalue weighted by atomic mass is 35.5. The molecule has 1 aliphatic rings. The Balaban J connectivity index is 1.89. The molecule has 1 saturated heterocycles. The summed E-state index contributed by atoms with van der Waals surface area (Å²) in [4.78, 5) is 6.10. The van der Waals surface area contributed by atoms with Gasteiger partial charge in [-0.3, -0.25) is 4.90 Å². The van der Waals surface area contributed by atoms with Crippen LogP contribution in [0.5, 0.6) is 0 Å². The number of nitrogens with zero attached hydrogens (tertiary/aromatic N) is 3. The first-order valence-electron chi connectivity index (χ1n) is 6.99. The second kappa shape index (κ2) is 5.95. The monoisotopic (exact) mass is 327 g/mol. The molecule has 1 aromatic heterocycles. The highest BCUT2D eigenvalue weighted by Gasteiger charge is 2.34. The molecule has 1 N–H and O–H groups in total. The summed E-state index contributed by atoms with van der Waals surface area (Å²) in [6, 6.07) is 3.01. The van der Waals surface area contributed by atoms with Gasteiger partial charge in [0.05, 0.1) is 18.8 Å². The molecule has 4 nitrogen and oxygen atoms in total. The molecule has 2 heterocycles. The number of aliphatic hydroxyl groups excluding tert-OH is 1. The Morgan fingerprint density at radius 1 is 1.41 bits per heavy atom. The number of benzene rings is 1. The maximum absolute atomic E-state index is 14.0. The Kier molecular flexibility index (Phi) is 4.16. The van der Waals surface area contributed by atoms with Gasteiger partial charge in [-0.05, 0) is 24.6 Å². The second-order valence-corrected chi connectivity index (χ2v) is 5.94. The Hall–Kier alpha value is -1.50. The maximum Gasteiger partial charge on any atom is 0.128 e. The van der Waals surface area contributed by atoms with Crippen molar-refractivity contribution in [3.63, 3.8) is 0 Å². The number of likely N-dealkylation sites (tertiary alicyclic amines) is 1. The summed E-state index contributed by atoms with van der Waals surface area (Å²) >= 11 is 5.97. The number of aromatic nitrogens is 2. The molecule has 2 atom stereocenters. The fourth-order valence-corrected chi connectivity index (χ4v) is 3.05. The van der Waals surface area contributed by atoms with Crippen LogP contribution in [0.15, 0.2) is 24.4 Å². The van der Waals surface area contributed by atoms with E-state index < -0.39 is 17.7 Å². The SMILES string of the molecule is Cn1c(Cl)cnc1CN1CC(O)CC1c1cc(F)ccc1F. The lowest BCUT2D eigenvalue weighted by Gasteiger charge is -2.24. The van der Waals surface area contributed by atoms with E-state index in [-0.39, 0.29) is 11.6 Å². The first-order valence-corrected chi connectivity index (χ1v) is 7.36. The van der Waals surface area contributed by atoms with Crippen LogP contribution < -0.4 is 0 Å². The number of aliphatic hydroxyl groups is 1. The normalized spacial score (nSPS) is 22.4. The molecule has 0 aliphatic carbocycles. The lowest BCUT2D eigenvalue weighted by atomic mass is 10.0. The summed E-state index contributed by atoms with van der Waals surface area (Å²) in [6.07, 6.45) is 1.32. The van der Waals surface area contributed by atoms with Crippen molar-refractivity contribution in [2.45, 2.75) is 25.1 Å². The summed E-state index contributed by atoms with van der Waals surface area (Å²) in [5.74, 6) is -0.248. The number of halogens is 3. The molecule has 2 unspecified atom stereocenters. The lowest BCUT2D eigenvalue weighted by Crippen LogP contribution is -2.26. The third-order valence-corrected chi connectivity index (χ3v) is 4.42. The third kappa shape index (κ3) is 2.86. The van der Waals surface area contributed by atoms with E-state index in [0.717, 1.165) is 12.1 Å². The molecule has 2 aromatic rings. The smallest absolute Gasteiger partial charge is 0.128 e. The van der Waals surface area contributed by atoms with Crippen molar-refractivity contribution in [1.29, 1.82) is 0 Å². The molecule has 0 bridgehead atoms. The molecule has 1 aromatic carbocycles. The minimum absolute atomic E-state index is 0.261. The molecular formula is C15H16ClF2N3O. The molecule has 0 saturated carbocycles. The molecule has 0 amide bonds. The maximum atomic E-state index is 14.0. The van der Waals surface area contributed by atoms with Gasteiger partial charge in [0.2, 0.25) is 0 Å². The van der Waals surface area contributed by atoms with Crippen LogP contribution in [0.2, 0.25) is 5.15 Å². The van der Waals surface area contributed by atoms with E-state index in [1.165, 1.54) is 6.07 Å². The van der Waals surface area contributed by atoms with Gasteiger partial charge < -0.3 is 9.67 Å². The van der Waals surface area contributed by atoms with Crippen molar-refractivity contribution in [2.24, 2.45) is 7.05 Å². The van der Waals surface area contributed by atoms with Gasteiger partial charge in [-0.25, -0.2) is 13.8 Å². The van der Waals surface area contributed by atoms with E-state index in [1.54, 1.807) is 17.8 Å². The molecule has 0 radical (unpaired) electrons. The van der Waals surface area contributed by atoms with Crippen LogP contribution in [-0.4, -0.2) is 32.2 Å². The van der Waals surface area contributed by atoms with Crippen LogP contribution in [0.25, 0.3) is 0 Å². The van der Waals surface area contributed by atoms with Gasteiger partial charge in [-0.2, -0.15) is 0 Å². The summed E-state index contributed by atoms with van der Waals surface area (Å²) in [6.45, 7) is 0.784. The molecule has 7 heteroatoms. The van der Waals surface area contributed by atoms with Crippen LogP contribution in [0.1, 0.15) is 23.9 Å². The van der Waals surface area contributed by atoms with Crippen LogP contribution >= 0.6 is 11.6 Å². The van der Waals surface area contributed by atoms with Crippen LogP contribution in [-0.2, 0) is 13.6 Å². The van der Waals surface area contributed by atoms with Crippen molar-refractivity contribution >= 4 is 11.6 Å². The zero-order valence-corrected chi connectivity index (χ0v) is 12.8. The minimum Gasteiger partial charge on any atom is -0.392 e.